The fourth-order valence-corrected chi connectivity index (χ4v) is 2.29. The Morgan fingerprint density at radius 3 is 2.75 bits per heavy atom. The molecule has 1 N–H and O–H groups in total. The molecule has 2 heterocycles. The van der Waals surface area contributed by atoms with Crippen LogP contribution in [0.3, 0.4) is 0 Å². The van der Waals surface area contributed by atoms with Gasteiger partial charge in [-0.05, 0) is 30.9 Å². The van der Waals surface area contributed by atoms with Crippen LogP contribution < -0.4 is 0 Å². The molecule has 1 aromatic rings. The number of rotatable bonds is 3. The van der Waals surface area contributed by atoms with Crippen LogP contribution in [0.2, 0.25) is 0 Å². The van der Waals surface area contributed by atoms with Crippen LogP contribution in [-0.2, 0) is 4.74 Å². The zero-order valence-corrected chi connectivity index (χ0v) is 9.67. The Morgan fingerprint density at radius 1 is 1.38 bits per heavy atom. The number of aliphatic hydroxyl groups excluding tert-OH is 1. The molecule has 0 bridgehead atoms. The topological polar surface area (TPSA) is 42.4 Å². The Morgan fingerprint density at radius 2 is 2.12 bits per heavy atom. The zero-order valence-electron chi connectivity index (χ0n) is 9.67. The van der Waals surface area contributed by atoms with Gasteiger partial charge in [-0.2, -0.15) is 0 Å². The summed E-state index contributed by atoms with van der Waals surface area (Å²) in [5.74, 6) is 0.454. The van der Waals surface area contributed by atoms with Gasteiger partial charge in [0, 0.05) is 31.0 Å². The third-order valence-corrected chi connectivity index (χ3v) is 3.42. The number of pyridine rings is 1. The second kappa shape index (κ2) is 5.41. The molecular weight excluding hydrogens is 202 g/mol. The van der Waals surface area contributed by atoms with Crippen molar-refractivity contribution < 1.29 is 9.84 Å². The third kappa shape index (κ3) is 2.60. The van der Waals surface area contributed by atoms with E-state index in [2.05, 4.69) is 4.98 Å². The maximum absolute atomic E-state index is 10.3. The van der Waals surface area contributed by atoms with Crippen LogP contribution in [-0.4, -0.2) is 29.4 Å². The largest absolute Gasteiger partial charge is 0.392 e. The van der Waals surface area contributed by atoms with Gasteiger partial charge in [-0.15, -0.1) is 0 Å². The molecule has 1 aliphatic rings. The van der Waals surface area contributed by atoms with Gasteiger partial charge < -0.3 is 9.84 Å². The lowest BCUT2D eigenvalue weighted by Crippen LogP contribution is -2.31. The fourth-order valence-electron chi connectivity index (χ4n) is 2.29. The van der Waals surface area contributed by atoms with E-state index in [1.165, 1.54) is 0 Å². The third-order valence-electron chi connectivity index (χ3n) is 3.42. The molecule has 88 valence electrons. The van der Waals surface area contributed by atoms with Crippen molar-refractivity contribution in [1.29, 1.82) is 0 Å². The molecule has 0 aromatic carbocycles. The smallest absolute Gasteiger partial charge is 0.0651 e. The number of hydrogen-bond donors (Lipinski definition) is 1. The molecule has 3 heteroatoms. The minimum atomic E-state index is -0.307. The van der Waals surface area contributed by atoms with E-state index < -0.39 is 0 Å². The Hall–Kier alpha value is -0.930. The van der Waals surface area contributed by atoms with Crippen molar-refractivity contribution in [3.05, 3.63) is 30.1 Å². The molecule has 3 nitrogen and oxygen atoms in total. The minimum absolute atomic E-state index is 0.101. The standard InChI is InChI=1S/C13H19NO2/c1-10(12-4-2-3-7-14-12)13(15)11-5-8-16-9-6-11/h2-4,7,10-11,13,15H,5-6,8-9H2,1H3. The molecule has 1 aromatic heterocycles. The highest BCUT2D eigenvalue weighted by Gasteiger charge is 2.27. The predicted molar refractivity (Wildman–Crippen MR) is 62.2 cm³/mol. The molecule has 0 amide bonds. The molecule has 2 atom stereocenters. The highest BCUT2D eigenvalue weighted by molar-refractivity contribution is 5.10. The molecule has 0 saturated carbocycles. The van der Waals surface area contributed by atoms with Gasteiger partial charge in [-0.3, -0.25) is 4.98 Å². The van der Waals surface area contributed by atoms with Gasteiger partial charge >= 0.3 is 0 Å². The first-order chi connectivity index (χ1) is 7.79. The SMILES string of the molecule is CC(c1ccccn1)C(O)C1CCOCC1. The molecule has 1 saturated heterocycles. The van der Waals surface area contributed by atoms with Gasteiger partial charge in [0.1, 0.15) is 0 Å². The lowest BCUT2D eigenvalue weighted by atomic mass is 9.85. The summed E-state index contributed by atoms with van der Waals surface area (Å²) in [5.41, 5.74) is 0.974. The summed E-state index contributed by atoms with van der Waals surface area (Å²) in [4.78, 5) is 4.30. The van der Waals surface area contributed by atoms with E-state index in [4.69, 9.17) is 4.74 Å². The lowest BCUT2D eigenvalue weighted by Gasteiger charge is -2.30. The van der Waals surface area contributed by atoms with E-state index >= 15 is 0 Å². The molecule has 0 aliphatic carbocycles. The van der Waals surface area contributed by atoms with Crippen LogP contribution in [0.4, 0.5) is 0 Å². The van der Waals surface area contributed by atoms with E-state index in [0.717, 1.165) is 31.7 Å². The van der Waals surface area contributed by atoms with Crippen LogP contribution >= 0.6 is 0 Å². The highest BCUT2D eigenvalue weighted by Crippen LogP contribution is 2.28. The van der Waals surface area contributed by atoms with Gasteiger partial charge in [0.2, 0.25) is 0 Å². The van der Waals surface area contributed by atoms with Crippen LogP contribution in [0.1, 0.15) is 31.4 Å². The minimum Gasteiger partial charge on any atom is -0.392 e. The summed E-state index contributed by atoms with van der Waals surface area (Å²) < 4.78 is 5.31. The first-order valence-corrected chi connectivity index (χ1v) is 5.96. The van der Waals surface area contributed by atoms with Crippen molar-refractivity contribution >= 4 is 0 Å². The van der Waals surface area contributed by atoms with Crippen molar-refractivity contribution in [3.8, 4) is 0 Å². The summed E-state index contributed by atoms with van der Waals surface area (Å²) in [6.45, 7) is 3.59. The number of nitrogens with zero attached hydrogens (tertiary/aromatic N) is 1. The average Bonchev–Trinajstić information content (AvgIpc) is 2.39. The Labute approximate surface area is 96.5 Å². The predicted octanol–water partition coefficient (Wildman–Crippen LogP) is 1.97. The second-order valence-corrected chi connectivity index (χ2v) is 4.48. The quantitative estimate of drug-likeness (QED) is 0.848. The average molecular weight is 221 g/mol. The Balaban J connectivity index is 2.00. The summed E-state index contributed by atoms with van der Waals surface area (Å²) >= 11 is 0. The maximum Gasteiger partial charge on any atom is 0.0651 e. The normalized spacial score (nSPS) is 21.6. The van der Waals surface area contributed by atoms with Crippen molar-refractivity contribution in [2.24, 2.45) is 5.92 Å². The number of hydrogen-bond acceptors (Lipinski definition) is 3. The molecule has 1 fully saturated rings. The molecule has 16 heavy (non-hydrogen) atoms. The monoisotopic (exact) mass is 221 g/mol. The van der Waals surface area contributed by atoms with Crippen LogP contribution in [0.15, 0.2) is 24.4 Å². The first-order valence-electron chi connectivity index (χ1n) is 5.96. The van der Waals surface area contributed by atoms with E-state index in [1.807, 2.05) is 25.1 Å². The van der Waals surface area contributed by atoms with Gasteiger partial charge in [-0.1, -0.05) is 13.0 Å². The fraction of sp³-hybridized carbons (Fsp3) is 0.615. The summed E-state index contributed by atoms with van der Waals surface area (Å²) in [5, 5.41) is 10.3. The van der Waals surface area contributed by atoms with E-state index in [0.29, 0.717) is 5.92 Å². The highest BCUT2D eigenvalue weighted by atomic mass is 16.5. The van der Waals surface area contributed by atoms with Crippen LogP contribution in [0.5, 0.6) is 0 Å². The van der Waals surface area contributed by atoms with Crippen molar-refractivity contribution in [2.75, 3.05) is 13.2 Å². The molecule has 1 aliphatic heterocycles. The van der Waals surface area contributed by atoms with Crippen LogP contribution in [0.25, 0.3) is 0 Å². The van der Waals surface area contributed by atoms with E-state index in [-0.39, 0.29) is 12.0 Å². The van der Waals surface area contributed by atoms with Crippen molar-refractivity contribution in [3.63, 3.8) is 0 Å². The van der Waals surface area contributed by atoms with Crippen molar-refractivity contribution in [2.45, 2.75) is 31.8 Å². The molecular formula is C13H19NO2. The lowest BCUT2D eigenvalue weighted by molar-refractivity contribution is -0.00121. The number of ether oxygens (including phenoxy) is 1. The van der Waals surface area contributed by atoms with Crippen molar-refractivity contribution in [1.82, 2.24) is 4.98 Å². The van der Waals surface area contributed by atoms with Gasteiger partial charge in [0.25, 0.3) is 0 Å². The first kappa shape index (κ1) is 11.6. The number of aromatic nitrogens is 1. The maximum atomic E-state index is 10.3. The van der Waals surface area contributed by atoms with Crippen LogP contribution in [0, 0.1) is 5.92 Å². The number of aliphatic hydroxyl groups is 1. The summed E-state index contributed by atoms with van der Waals surface area (Å²) in [7, 11) is 0. The van der Waals surface area contributed by atoms with Gasteiger partial charge in [-0.25, -0.2) is 0 Å². The second-order valence-electron chi connectivity index (χ2n) is 4.48. The Kier molecular flexibility index (Phi) is 3.91. The molecule has 0 spiro atoms. The summed E-state index contributed by atoms with van der Waals surface area (Å²) in [6, 6.07) is 5.85. The zero-order chi connectivity index (χ0) is 11.4. The van der Waals surface area contributed by atoms with Gasteiger partial charge in [0.05, 0.1) is 6.10 Å². The van der Waals surface area contributed by atoms with E-state index in [9.17, 15) is 5.11 Å². The molecule has 2 rings (SSSR count). The molecule has 0 radical (unpaired) electrons. The summed E-state index contributed by atoms with van der Waals surface area (Å²) in [6.07, 6.45) is 3.39. The van der Waals surface area contributed by atoms with E-state index in [1.54, 1.807) is 6.20 Å². The van der Waals surface area contributed by atoms with Gasteiger partial charge in [0.15, 0.2) is 0 Å². The Bertz CT molecular complexity index is 309. The molecule has 2 unspecified atom stereocenters.